The maximum absolute atomic E-state index is 13.3. The number of methoxy groups -OCH3 is 2. The highest BCUT2D eigenvalue weighted by atomic mass is 16.5. The predicted octanol–water partition coefficient (Wildman–Crippen LogP) is 4.43. The van der Waals surface area contributed by atoms with Crippen molar-refractivity contribution >= 4 is 23.2 Å². The Morgan fingerprint density at radius 3 is 2.12 bits per heavy atom. The SMILES string of the molecule is CCN(CC)C(=O)c1cc(NC(=O)c2cc(OC)cc(OC)c2)ccc1N1CCCCC1. The smallest absolute Gasteiger partial charge is 0.256 e. The van der Waals surface area contributed by atoms with Gasteiger partial charge in [-0.3, -0.25) is 9.59 Å². The number of anilines is 2. The number of piperidine rings is 1. The van der Waals surface area contributed by atoms with Crippen molar-refractivity contribution < 1.29 is 19.1 Å². The lowest BCUT2D eigenvalue weighted by Crippen LogP contribution is -2.35. The number of nitrogens with zero attached hydrogens (tertiary/aromatic N) is 2. The molecule has 7 nitrogen and oxygen atoms in total. The second-order valence-corrected chi connectivity index (χ2v) is 7.81. The summed E-state index contributed by atoms with van der Waals surface area (Å²) in [6.45, 7) is 7.10. The van der Waals surface area contributed by atoms with Gasteiger partial charge in [-0.1, -0.05) is 0 Å². The van der Waals surface area contributed by atoms with Crippen LogP contribution < -0.4 is 19.7 Å². The summed E-state index contributed by atoms with van der Waals surface area (Å²) in [4.78, 5) is 30.3. The third-order valence-electron chi connectivity index (χ3n) is 5.85. The molecule has 0 unspecified atom stereocenters. The van der Waals surface area contributed by atoms with E-state index in [2.05, 4.69) is 10.2 Å². The number of ether oxygens (including phenoxy) is 2. The topological polar surface area (TPSA) is 71.1 Å². The lowest BCUT2D eigenvalue weighted by molar-refractivity contribution is 0.0773. The van der Waals surface area contributed by atoms with Gasteiger partial charge in [-0.15, -0.1) is 0 Å². The van der Waals surface area contributed by atoms with E-state index in [0.29, 0.717) is 41.4 Å². The Labute approximate surface area is 190 Å². The first-order chi connectivity index (χ1) is 15.5. The van der Waals surface area contributed by atoms with E-state index >= 15 is 0 Å². The van der Waals surface area contributed by atoms with Gasteiger partial charge in [-0.25, -0.2) is 0 Å². The quantitative estimate of drug-likeness (QED) is 0.659. The highest BCUT2D eigenvalue weighted by molar-refractivity contribution is 6.06. The summed E-state index contributed by atoms with van der Waals surface area (Å²) in [7, 11) is 3.09. The summed E-state index contributed by atoms with van der Waals surface area (Å²) in [5.41, 5.74) is 2.55. The molecule has 0 aliphatic carbocycles. The molecular formula is C25H33N3O4. The zero-order valence-electron chi connectivity index (χ0n) is 19.4. The number of benzene rings is 2. The maximum atomic E-state index is 13.3. The molecule has 3 rings (SSSR count). The fourth-order valence-electron chi connectivity index (χ4n) is 4.02. The minimum atomic E-state index is -0.297. The van der Waals surface area contributed by atoms with E-state index in [1.54, 1.807) is 43.4 Å². The molecule has 0 atom stereocenters. The number of hydrogen-bond acceptors (Lipinski definition) is 5. The molecule has 2 aromatic carbocycles. The Balaban J connectivity index is 1.92. The fourth-order valence-corrected chi connectivity index (χ4v) is 4.02. The zero-order chi connectivity index (χ0) is 23.1. The van der Waals surface area contributed by atoms with Crippen LogP contribution in [0, 0.1) is 0 Å². The molecule has 1 heterocycles. The first-order valence-electron chi connectivity index (χ1n) is 11.2. The standard InChI is InChI=1S/C25H33N3O4/c1-5-27(6-2)25(30)22-16-19(10-11-23(22)28-12-8-7-9-13-28)26-24(29)18-14-20(31-3)17-21(15-18)32-4/h10-11,14-17H,5-9,12-13H2,1-4H3,(H,26,29). The van der Waals surface area contributed by atoms with Crippen molar-refractivity contribution in [2.24, 2.45) is 0 Å². The van der Waals surface area contributed by atoms with Crippen LogP contribution in [0.1, 0.15) is 53.8 Å². The second kappa shape index (κ2) is 10.9. The number of rotatable bonds is 8. The van der Waals surface area contributed by atoms with E-state index in [9.17, 15) is 9.59 Å². The minimum Gasteiger partial charge on any atom is -0.497 e. The average Bonchev–Trinajstić information content (AvgIpc) is 2.84. The lowest BCUT2D eigenvalue weighted by atomic mass is 10.0. The third kappa shape index (κ3) is 5.33. The summed E-state index contributed by atoms with van der Waals surface area (Å²) in [6, 6.07) is 10.6. The first kappa shape index (κ1) is 23.4. The molecule has 1 aliphatic heterocycles. The van der Waals surface area contributed by atoms with Gasteiger partial charge in [0.15, 0.2) is 0 Å². The van der Waals surface area contributed by atoms with E-state index in [0.717, 1.165) is 31.6 Å². The number of carbonyl (C=O) groups is 2. The van der Waals surface area contributed by atoms with Crippen molar-refractivity contribution in [3.05, 3.63) is 47.5 Å². The van der Waals surface area contributed by atoms with Crippen LogP contribution in [0.25, 0.3) is 0 Å². The van der Waals surface area contributed by atoms with E-state index in [-0.39, 0.29) is 11.8 Å². The van der Waals surface area contributed by atoms with Crippen molar-refractivity contribution in [1.29, 1.82) is 0 Å². The van der Waals surface area contributed by atoms with Gasteiger partial charge >= 0.3 is 0 Å². The molecular weight excluding hydrogens is 406 g/mol. The largest absolute Gasteiger partial charge is 0.497 e. The van der Waals surface area contributed by atoms with Gasteiger partial charge < -0.3 is 24.6 Å². The molecule has 0 saturated carbocycles. The van der Waals surface area contributed by atoms with Gasteiger partial charge in [0.25, 0.3) is 11.8 Å². The van der Waals surface area contributed by atoms with Crippen LogP contribution >= 0.6 is 0 Å². The van der Waals surface area contributed by atoms with E-state index in [4.69, 9.17) is 9.47 Å². The predicted molar refractivity (Wildman–Crippen MR) is 127 cm³/mol. The first-order valence-corrected chi connectivity index (χ1v) is 11.2. The van der Waals surface area contributed by atoms with Crippen LogP contribution in [0.15, 0.2) is 36.4 Å². The number of nitrogens with one attached hydrogen (secondary N) is 1. The van der Waals surface area contributed by atoms with E-state index < -0.39 is 0 Å². The summed E-state index contributed by atoms with van der Waals surface area (Å²) in [5, 5.41) is 2.92. The maximum Gasteiger partial charge on any atom is 0.256 e. The van der Waals surface area contributed by atoms with E-state index in [1.165, 1.54) is 6.42 Å². The Bertz CT molecular complexity index is 928. The van der Waals surface area contributed by atoms with Crippen LogP contribution in [0.3, 0.4) is 0 Å². The molecule has 0 radical (unpaired) electrons. The number of hydrogen-bond donors (Lipinski definition) is 1. The van der Waals surface area contributed by atoms with Crippen molar-refractivity contribution in [2.75, 3.05) is 50.6 Å². The Kier molecular flexibility index (Phi) is 7.98. The molecule has 1 N–H and O–H groups in total. The van der Waals surface area contributed by atoms with Gasteiger partial charge in [0.05, 0.1) is 19.8 Å². The summed E-state index contributed by atoms with van der Waals surface area (Å²) in [6.07, 6.45) is 3.46. The fraction of sp³-hybridized carbons (Fsp3) is 0.440. The van der Waals surface area contributed by atoms with Crippen LogP contribution in [0.2, 0.25) is 0 Å². The van der Waals surface area contributed by atoms with Crippen molar-refractivity contribution in [3.8, 4) is 11.5 Å². The summed E-state index contributed by atoms with van der Waals surface area (Å²) in [5.74, 6) is 0.753. The van der Waals surface area contributed by atoms with Crippen LogP contribution in [0.5, 0.6) is 11.5 Å². The van der Waals surface area contributed by atoms with Gasteiger partial charge in [0.1, 0.15) is 11.5 Å². The lowest BCUT2D eigenvalue weighted by Gasteiger charge is -2.31. The van der Waals surface area contributed by atoms with Crippen LogP contribution in [-0.2, 0) is 0 Å². The van der Waals surface area contributed by atoms with Crippen LogP contribution in [0.4, 0.5) is 11.4 Å². The third-order valence-corrected chi connectivity index (χ3v) is 5.85. The molecule has 1 saturated heterocycles. The second-order valence-electron chi connectivity index (χ2n) is 7.81. The molecule has 0 bridgehead atoms. The highest BCUT2D eigenvalue weighted by Crippen LogP contribution is 2.29. The molecule has 1 fully saturated rings. The Hall–Kier alpha value is -3.22. The molecule has 2 aromatic rings. The zero-order valence-corrected chi connectivity index (χ0v) is 19.4. The van der Waals surface area contributed by atoms with Crippen molar-refractivity contribution in [3.63, 3.8) is 0 Å². The van der Waals surface area contributed by atoms with Crippen molar-refractivity contribution in [2.45, 2.75) is 33.1 Å². The molecule has 172 valence electrons. The number of carbonyl (C=O) groups excluding carboxylic acids is 2. The monoisotopic (exact) mass is 439 g/mol. The van der Waals surface area contributed by atoms with Gasteiger partial charge in [0, 0.05) is 49.2 Å². The molecule has 7 heteroatoms. The average molecular weight is 440 g/mol. The van der Waals surface area contributed by atoms with Gasteiger partial charge in [0.2, 0.25) is 0 Å². The highest BCUT2D eigenvalue weighted by Gasteiger charge is 2.22. The number of amides is 2. The Morgan fingerprint density at radius 2 is 1.56 bits per heavy atom. The molecule has 1 aliphatic rings. The van der Waals surface area contributed by atoms with E-state index in [1.807, 2.05) is 26.0 Å². The van der Waals surface area contributed by atoms with Gasteiger partial charge in [-0.05, 0) is 63.4 Å². The van der Waals surface area contributed by atoms with Crippen LogP contribution in [-0.4, -0.2) is 57.1 Å². The molecule has 32 heavy (non-hydrogen) atoms. The Morgan fingerprint density at radius 1 is 0.938 bits per heavy atom. The van der Waals surface area contributed by atoms with Crippen molar-refractivity contribution in [1.82, 2.24) is 4.90 Å². The molecule has 0 spiro atoms. The summed E-state index contributed by atoms with van der Waals surface area (Å²) < 4.78 is 10.5. The molecule has 0 aromatic heterocycles. The normalized spacial score (nSPS) is 13.4. The molecule has 2 amide bonds. The van der Waals surface area contributed by atoms with Gasteiger partial charge in [-0.2, -0.15) is 0 Å². The summed E-state index contributed by atoms with van der Waals surface area (Å²) >= 11 is 0. The minimum absolute atomic E-state index is 0.0188.